The quantitative estimate of drug-likeness (QED) is 0.914. The van der Waals surface area contributed by atoms with Crippen molar-refractivity contribution in [1.82, 2.24) is 4.98 Å². The summed E-state index contributed by atoms with van der Waals surface area (Å²) in [5, 5.41) is 8.91. The molecule has 1 aliphatic heterocycles. The van der Waals surface area contributed by atoms with Gasteiger partial charge in [-0.15, -0.1) is 0 Å². The van der Waals surface area contributed by atoms with Crippen molar-refractivity contribution < 1.29 is 4.74 Å². The second-order valence-electron chi connectivity index (χ2n) is 4.52. The van der Waals surface area contributed by atoms with Gasteiger partial charge in [0.05, 0.1) is 24.4 Å². The number of hydrogen-bond donors (Lipinski definition) is 1. The number of nitrogens with one attached hydrogen (secondary N) is 1. The summed E-state index contributed by atoms with van der Waals surface area (Å²) in [7, 11) is 1.60. The van der Waals surface area contributed by atoms with Crippen LogP contribution < -0.4 is 0 Å². The lowest BCUT2D eigenvalue weighted by Gasteiger charge is -2.08. The van der Waals surface area contributed by atoms with E-state index in [0.717, 1.165) is 22.5 Å². The molecule has 2 aromatic rings. The lowest BCUT2D eigenvalue weighted by molar-refractivity contribution is 0.408. The van der Waals surface area contributed by atoms with Crippen LogP contribution in [0.5, 0.6) is 0 Å². The number of nitrogens with zero attached hydrogens (tertiary/aromatic N) is 2. The Kier molecular flexibility index (Phi) is 3.40. The van der Waals surface area contributed by atoms with Gasteiger partial charge >= 0.3 is 0 Å². The summed E-state index contributed by atoms with van der Waals surface area (Å²) in [5.74, 6) is 0.586. The van der Waals surface area contributed by atoms with Gasteiger partial charge in [-0.3, -0.25) is 0 Å². The van der Waals surface area contributed by atoms with E-state index < -0.39 is 0 Å². The fourth-order valence-electron chi connectivity index (χ4n) is 2.24. The molecule has 1 aromatic carbocycles. The Hall–Kier alpha value is -3.06. The van der Waals surface area contributed by atoms with Crippen LogP contribution in [0.15, 0.2) is 65.4 Å². The Bertz CT molecular complexity index is 772. The van der Waals surface area contributed by atoms with Crippen molar-refractivity contribution in [3.05, 3.63) is 77.3 Å². The largest absolute Gasteiger partial charge is 0.481 e. The third kappa shape index (κ3) is 2.49. The van der Waals surface area contributed by atoms with E-state index in [2.05, 4.69) is 16.0 Å². The Labute approximate surface area is 122 Å². The third-order valence-electron chi connectivity index (χ3n) is 3.25. The number of ether oxygens (including phenoxy) is 1. The maximum atomic E-state index is 8.91. The predicted molar refractivity (Wildman–Crippen MR) is 81.6 cm³/mol. The number of aliphatic imine (C=N–C) groups is 1. The van der Waals surface area contributed by atoms with Crippen molar-refractivity contribution in [3.63, 3.8) is 0 Å². The summed E-state index contributed by atoms with van der Waals surface area (Å²) in [6.45, 7) is 0. The number of allylic oxidation sites excluding steroid dienone is 1. The summed E-state index contributed by atoms with van der Waals surface area (Å²) in [5.41, 5.74) is 4.42. The highest BCUT2D eigenvalue weighted by molar-refractivity contribution is 5.95. The van der Waals surface area contributed by atoms with Gasteiger partial charge in [0.25, 0.3) is 0 Å². The summed E-state index contributed by atoms with van der Waals surface area (Å²) >= 11 is 0. The lowest BCUT2D eigenvalue weighted by atomic mass is 9.99. The zero-order valence-electron chi connectivity index (χ0n) is 11.5. The second kappa shape index (κ2) is 5.51. The van der Waals surface area contributed by atoms with Crippen molar-refractivity contribution >= 4 is 11.5 Å². The minimum absolute atomic E-state index is 0.586. The number of nitriles is 1. The van der Waals surface area contributed by atoms with Gasteiger partial charge in [0.1, 0.15) is 0 Å². The Morgan fingerprint density at radius 3 is 2.57 bits per heavy atom. The highest BCUT2D eigenvalue weighted by Gasteiger charge is 2.15. The topological polar surface area (TPSA) is 61.2 Å². The van der Waals surface area contributed by atoms with E-state index >= 15 is 0 Å². The van der Waals surface area contributed by atoms with Crippen LogP contribution in [0.4, 0.5) is 0 Å². The first-order valence-electron chi connectivity index (χ1n) is 6.51. The molecule has 0 unspecified atom stereocenters. The average Bonchev–Trinajstić information content (AvgIpc) is 3.20. The second-order valence-corrected chi connectivity index (χ2v) is 4.52. The number of aromatic nitrogens is 1. The molecule has 0 aliphatic carbocycles. The first kappa shape index (κ1) is 12.9. The molecule has 0 saturated heterocycles. The van der Waals surface area contributed by atoms with Gasteiger partial charge in [-0.2, -0.15) is 5.26 Å². The maximum absolute atomic E-state index is 8.91. The maximum Gasteiger partial charge on any atom is 0.213 e. The predicted octanol–water partition coefficient (Wildman–Crippen LogP) is 3.26. The molecule has 21 heavy (non-hydrogen) atoms. The van der Waals surface area contributed by atoms with Crippen LogP contribution in [0.1, 0.15) is 16.8 Å². The van der Waals surface area contributed by atoms with Crippen molar-refractivity contribution in [3.8, 4) is 6.07 Å². The molecule has 0 atom stereocenters. The van der Waals surface area contributed by atoms with E-state index in [0.29, 0.717) is 11.5 Å². The number of hydrogen-bond acceptors (Lipinski definition) is 3. The number of methoxy groups -OCH3 is 1. The molecule has 0 bridgehead atoms. The van der Waals surface area contributed by atoms with Gasteiger partial charge in [-0.25, -0.2) is 4.99 Å². The summed E-state index contributed by atoms with van der Waals surface area (Å²) in [6, 6.07) is 13.5. The van der Waals surface area contributed by atoms with Crippen LogP contribution in [-0.4, -0.2) is 18.0 Å². The normalized spacial score (nSPS) is 15.5. The van der Waals surface area contributed by atoms with E-state index in [1.807, 2.05) is 42.6 Å². The van der Waals surface area contributed by atoms with Crippen LogP contribution in [0, 0.1) is 11.3 Å². The Balaban J connectivity index is 2.15. The van der Waals surface area contributed by atoms with E-state index in [9.17, 15) is 0 Å². The highest BCUT2D eigenvalue weighted by atomic mass is 16.5. The fraction of sp³-hybridized carbons (Fsp3) is 0.0588. The van der Waals surface area contributed by atoms with Gasteiger partial charge in [-0.1, -0.05) is 12.1 Å². The van der Waals surface area contributed by atoms with Gasteiger partial charge in [0.15, 0.2) is 0 Å². The van der Waals surface area contributed by atoms with Crippen molar-refractivity contribution in [2.75, 3.05) is 7.11 Å². The highest BCUT2D eigenvalue weighted by Crippen LogP contribution is 2.29. The minimum Gasteiger partial charge on any atom is -0.481 e. The van der Waals surface area contributed by atoms with Crippen molar-refractivity contribution in [2.45, 2.75) is 0 Å². The number of H-pyrrole nitrogens is 1. The van der Waals surface area contributed by atoms with E-state index in [1.165, 1.54) is 0 Å². The van der Waals surface area contributed by atoms with Gasteiger partial charge in [0.2, 0.25) is 5.90 Å². The smallest absolute Gasteiger partial charge is 0.213 e. The number of aromatic amines is 1. The standard InChI is InChI=1S/C17H13N3O/c1-21-16-9-8-15(20-16)17(14-3-2-10-19-14)13-6-4-12(11-18)5-7-13/h2-10,19H,1H3/b17-15+. The molecule has 4 nitrogen and oxygen atoms in total. The zero-order chi connectivity index (χ0) is 14.7. The fourth-order valence-corrected chi connectivity index (χ4v) is 2.24. The molecular weight excluding hydrogens is 262 g/mol. The van der Waals surface area contributed by atoms with E-state index in [-0.39, 0.29) is 0 Å². The van der Waals surface area contributed by atoms with Crippen LogP contribution in [0.25, 0.3) is 5.57 Å². The molecule has 4 heteroatoms. The molecule has 3 rings (SSSR count). The summed E-state index contributed by atoms with van der Waals surface area (Å²) in [4.78, 5) is 7.67. The van der Waals surface area contributed by atoms with Crippen molar-refractivity contribution in [1.29, 1.82) is 5.26 Å². The first-order valence-corrected chi connectivity index (χ1v) is 6.51. The summed E-state index contributed by atoms with van der Waals surface area (Å²) in [6.07, 6.45) is 5.63. The number of rotatable bonds is 2. The third-order valence-corrected chi connectivity index (χ3v) is 3.25. The van der Waals surface area contributed by atoms with Crippen LogP contribution in [-0.2, 0) is 4.74 Å². The molecule has 0 radical (unpaired) electrons. The zero-order valence-corrected chi connectivity index (χ0v) is 11.5. The number of benzene rings is 1. The molecule has 1 N–H and O–H groups in total. The van der Waals surface area contributed by atoms with Gasteiger partial charge < -0.3 is 9.72 Å². The SMILES string of the molecule is COC1=N/C(=C(\c2ccc(C#N)cc2)c2ccc[nH]2)C=C1. The van der Waals surface area contributed by atoms with Gasteiger partial charge in [-0.05, 0) is 35.9 Å². The minimum atomic E-state index is 0.586. The average molecular weight is 275 g/mol. The molecule has 0 spiro atoms. The molecule has 2 heterocycles. The molecule has 0 saturated carbocycles. The van der Waals surface area contributed by atoms with Crippen LogP contribution >= 0.6 is 0 Å². The molecule has 1 aromatic heterocycles. The molecule has 1 aliphatic rings. The van der Waals surface area contributed by atoms with Crippen molar-refractivity contribution in [2.24, 2.45) is 4.99 Å². The summed E-state index contributed by atoms with van der Waals surface area (Å²) < 4.78 is 5.16. The lowest BCUT2D eigenvalue weighted by Crippen LogP contribution is -1.94. The Morgan fingerprint density at radius 2 is 2.00 bits per heavy atom. The molecule has 102 valence electrons. The monoisotopic (exact) mass is 275 g/mol. The van der Waals surface area contributed by atoms with Gasteiger partial charge in [0, 0.05) is 23.5 Å². The Morgan fingerprint density at radius 1 is 1.19 bits per heavy atom. The molecular formula is C17H13N3O. The first-order chi connectivity index (χ1) is 10.3. The van der Waals surface area contributed by atoms with E-state index in [1.54, 1.807) is 19.2 Å². The molecule has 0 amide bonds. The molecule has 0 fully saturated rings. The van der Waals surface area contributed by atoms with Crippen LogP contribution in [0.3, 0.4) is 0 Å². The van der Waals surface area contributed by atoms with E-state index in [4.69, 9.17) is 10.00 Å². The van der Waals surface area contributed by atoms with Crippen LogP contribution in [0.2, 0.25) is 0 Å².